The molecule has 3 rings (SSSR count). The molecule has 0 bridgehead atoms. The molecule has 1 aliphatic carbocycles. The fourth-order valence-corrected chi connectivity index (χ4v) is 3.00. The van der Waals surface area contributed by atoms with Crippen LogP contribution >= 0.6 is 12.4 Å². The monoisotopic (exact) mass is 263 g/mol. The molecule has 0 radical (unpaired) electrons. The minimum Gasteiger partial charge on any atom is -0.303 e. The van der Waals surface area contributed by atoms with E-state index in [1.165, 1.54) is 62.9 Å². The fraction of sp³-hybridized carbons (Fsp3) is 0.500. The zero-order valence-corrected chi connectivity index (χ0v) is 11.7. The van der Waals surface area contributed by atoms with Gasteiger partial charge in [0.1, 0.15) is 0 Å². The van der Waals surface area contributed by atoms with Gasteiger partial charge in [0.05, 0.1) is 0 Å². The molecule has 1 aromatic carbocycles. The van der Waals surface area contributed by atoms with Gasteiger partial charge in [0.15, 0.2) is 0 Å². The van der Waals surface area contributed by atoms with Crippen molar-refractivity contribution in [1.29, 1.82) is 0 Å². The first-order chi connectivity index (χ1) is 8.42. The molecule has 0 N–H and O–H groups in total. The highest BCUT2D eigenvalue weighted by Crippen LogP contribution is 2.25. The highest BCUT2D eigenvalue weighted by Gasteiger charge is 2.13. The lowest BCUT2D eigenvalue weighted by Gasteiger charge is -2.19. The van der Waals surface area contributed by atoms with Crippen LogP contribution in [0.15, 0.2) is 29.8 Å². The molecule has 0 aromatic heterocycles. The summed E-state index contributed by atoms with van der Waals surface area (Å²) in [4.78, 5) is 2.61. The first-order valence-corrected chi connectivity index (χ1v) is 6.91. The molecular weight excluding hydrogens is 242 g/mol. The van der Waals surface area contributed by atoms with Crippen molar-refractivity contribution in [2.45, 2.75) is 32.1 Å². The van der Waals surface area contributed by atoms with Crippen LogP contribution in [0.4, 0.5) is 0 Å². The van der Waals surface area contributed by atoms with Crippen LogP contribution in [0.1, 0.15) is 36.8 Å². The quantitative estimate of drug-likeness (QED) is 0.799. The summed E-state index contributed by atoms with van der Waals surface area (Å²) in [6.45, 7) is 3.92. The lowest BCUT2D eigenvalue weighted by molar-refractivity contribution is 0.342. The summed E-state index contributed by atoms with van der Waals surface area (Å²) in [7, 11) is 0. The minimum absolute atomic E-state index is 0. The molecule has 98 valence electrons. The molecule has 1 fully saturated rings. The Morgan fingerprint density at radius 1 is 1.00 bits per heavy atom. The minimum atomic E-state index is 0. The van der Waals surface area contributed by atoms with Crippen molar-refractivity contribution >= 4 is 18.5 Å². The summed E-state index contributed by atoms with van der Waals surface area (Å²) >= 11 is 0. The van der Waals surface area contributed by atoms with Gasteiger partial charge in [-0.1, -0.05) is 35.9 Å². The highest BCUT2D eigenvalue weighted by molar-refractivity contribution is 5.85. The van der Waals surface area contributed by atoms with E-state index in [1.807, 2.05) is 0 Å². The van der Waals surface area contributed by atoms with E-state index in [1.54, 1.807) is 5.57 Å². The number of nitrogens with zero attached hydrogens (tertiary/aromatic N) is 1. The van der Waals surface area contributed by atoms with Gasteiger partial charge < -0.3 is 4.90 Å². The van der Waals surface area contributed by atoms with Crippen molar-refractivity contribution in [1.82, 2.24) is 4.90 Å². The normalized spacial score (nSPS) is 19.0. The Morgan fingerprint density at radius 3 is 2.61 bits per heavy atom. The molecule has 0 spiro atoms. The Kier molecular flexibility index (Phi) is 4.85. The second kappa shape index (κ2) is 6.40. The van der Waals surface area contributed by atoms with Crippen molar-refractivity contribution in [2.24, 2.45) is 0 Å². The van der Waals surface area contributed by atoms with Crippen molar-refractivity contribution in [3.8, 4) is 0 Å². The van der Waals surface area contributed by atoms with Gasteiger partial charge in [-0.25, -0.2) is 0 Å². The van der Waals surface area contributed by atoms with Crippen molar-refractivity contribution in [3.63, 3.8) is 0 Å². The zero-order valence-electron chi connectivity index (χ0n) is 10.9. The number of aryl methyl sites for hydroxylation is 1. The van der Waals surface area contributed by atoms with E-state index in [0.717, 1.165) is 0 Å². The third-order valence-corrected chi connectivity index (χ3v) is 4.08. The molecule has 2 heteroatoms. The van der Waals surface area contributed by atoms with E-state index in [9.17, 15) is 0 Å². The number of rotatable bonds is 3. The smallest absolute Gasteiger partial charge is 0.00187 e. The third-order valence-electron chi connectivity index (χ3n) is 4.08. The summed E-state index contributed by atoms with van der Waals surface area (Å²) < 4.78 is 0. The number of hydrogen-bond donors (Lipinski definition) is 0. The maximum atomic E-state index is 2.61. The number of halogens is 1. The summed E-state index contributed by atoms with van der Waals surface area (Å²) in [5.74, 6) is 0. The number of fused-ring (bicyclic) bond motifs is 1. The van der Waals surface area contributed by atoms with Crippen LogP contribution in [-0.4, -0.2) is 24.5 Å². The molecule has 1 heterocycles. The van der Waals surface area contributed by atoms with E-state index in [0.29, 0.717) is 0 Å². The Balaban J connectivity index is 0.00000120. The molecule has 0 unspecified atom stereocenters. The molecule has 1 aromatic rings. The summed E-state index contributed by atoms with van der Waals surface area (Å²) in [5.41, 5.74) is 4.63. The van der Waals surface area contributed by atoms with Gasteiger partial charge >= 0.3 is 0 Å². The van der Waals surface area contributed by atoms with E-state index in [2.05, 4.69) is 35.2 Å². The second-order valence-electron chi connectivity index (χ2n) is 5.30. The van der Waals surface area contributed by atoms with E-state index >= 15 is 0 Å². The summed E-state index contributed by atoms with van der Waals surface area (Å²) in [6.07, 6.45) is 9.01. The Hall–Kier alpha value is -0.790. The molecular formula is C16H22ClN. The Morgan fingerprint density at radius 2 is 1.78 bits per heavy atom. The van der Waals surface area contributed by atoms with Gasteiger partial charge in [0, 0.05) is 6.54 Å². The molecule has 0 saturated carbocycles. The van der Waals surface area contributed by atoms with Crippen LogP contribution in [0.25, 0.3) is 6.08 Å². The highest BCUT2D eigenvalue weighted by atomic mass is 35.5. The molecule has 2 aliphatic rings. The zero-order chi connectivity index (χ0) is 11.5. The summed E-state index contributed by atoms with van der Waals surface area (Å²) in [6, 6.07) is 8.83. The molecule has 1 nitrogen and oxygen atoms in total. The standard InChI is InChI=1S/C16H21N.ClH/c1-2-6-16-13-14(7-8-15(16)5-1)9-12-17-10-3-4-11-17;/h1-2,5-6,13H,3-4,7-12H2;1H. The topological polar surface area (TPSA) is 3.24 Å². The molecule has 1 aliphatic heterocycles. The Labute approximate surface area is 116 Å². The average molecular weight is 264 g/mol. The Bertz CT molecular complexity index is 419. The summed E-state index contributed by atoms with van der Waals surface area (Å²) in [5, 5.41) is 0. The first-order valence-electron chi connectivity index (χ1n) is 6.91. The van der Waals surface area contributed by atoms with Crippen LogP contribution in [0.3, 0.4) is 0 Å². The van der Waals surface area contributed by atoms with Gasteiger partial charge in [0.25, 0.3) is 0 Å². The van der Waals surface area contributed by atoms with Crippen LogP contribution in [-0.2, 0) is 6.42 Å². The van der Waals surface area contributed by atoms with Gasteiger partial charge in [-0.05, 0) is 56.3 Å². The maximum absolute atomic E-state index is 2.61. The number of benzene rings is 1. The SMILES string of the molecule is C1=C(CCN2CCCC2)CCc2ccccc21.Cl. The molecule has 0 atom stereocenters. The van der Waals surface area contributed by atoms with Crippen LogP contribution in [0, 0.1) is 0 Å². The van der Waals surface area contributed by atoms with Gasteiger partial charge in [-0.15, -0.1) is 12.4 Å². The van der Waals surface area contributed by atoms with Gasteiger partial charge in [0.2, 0.25) is 0 Å². The van der Waals surface area contributed by atoms with Crippen LogP contribution in [0.5, 0.6) is 0 Å². The second-order valence-corrected chi connectivity index (χ2v) is 5.30. The van der Waals surface area contributed by atoms with E-state index in [-0.39, 0.29) is 12.4 Å². The first kappa shape index (κ1) is 13.6. The predicted molar refractivity (Wildman–Crippen MR) is 80.3 cm³/mol. The largest absolute Gasteiger partial charge is 0.303 e. The van der Waals surface area contributed by atoms with Crippen molar-refractivity contribution in [2.75, 3.05) is 19.6 Å². The van der Waals surface area contributed by atoms with E-state index in [4.69, 9.17) is 0 Å². The molecule has 0 amide bonds. The number of hydrogen-bond acceptors (Lipinski definition) is 1. The van der Waals surface area contributed by atoms with Gasteiger partial charge in [-0.2, -0.15) is 0 Å². The van der Waals surface area contributed by atoms with Crippen molar-refractivity contribution < 1.29 is 0 Å². The number of likely N-dealkylation sites (tertiary alicyclic amines) is 1. The lowest BCUT2D eigenvalue weighted by Crippen LogP contribution is -2.21. The predicted octanol–water partition coefficient (Wildman–Crippen LogP) is 3.92. The lowest BCUT2D eigenvalue weighted by atomic mass is 9.91. The van der Waals surface area contributed by atoms with Crippen LogP contribution in [0.2, 0.25) is 0 Å². The maximum Gasteiger partial charge on any atom is 0.00187 e. The molecule has 18 heavy (non-hydrogen) atoms. The third kappa shape index (κ3) is 3.15. The molecule has 1 saturated heterocycles. The van der Waals surface area contributed by atoms with Crippen LogP contribution < -0.4 is 0 Å². The fourth-order valence-electron chi connectivity index (χ4n) is 3.00. The van der Waals surface area contributed by atoms with Gasteiger partial charge in [-0.3, -0.25) is 0 Å². The van der Waals surface area contributed by atoms with Crippen molar-refractivity contribution in [3.05, 3.63) is 41.0 Å². The van der Waals surface area contributed by atoms with E-state index < -0.39 is 0 Å². The average Bonchev–Trinajstić information content (AvgIpc) is 2.89.